The number of hydrogen-bond acceptors (Lipinski definition) is 3. The van der Waals surface area contributed by atoms with Crippen LogP contribution in [-0.2, 0) is 4.74 Å². The molecule has 3 aliphatic rings. The number of ether oxygens (including phenoxy) is 1. The highest BCUT2D eigenvalue weighted by molar-refractivity contribution is 4.90. The first-order valence-corrected chi connectivity index (χ1v) is 6.92. The van der Waals surface area contributed by atoms with E-state index in [2.05, 4.69) is 16.7 Å². The quantitative estimate of drug-likeness (QED) is 0.668. The lowest BCUT2D eigenvalue weighted by atomic mass is 10.0. The molecule has 0 radical (unpaired) electrons. The van der Waals surface area contributed by atoms with Gasteiger partial charge in [0.1, 0.15) is 0 Å². The average molecular weight is 224 g/mol. The zero-order valence-electron chi connectivity index (χ0n) is 10.4. The first-order chi connectivity index (χ1) is 7.83. The highest BCUT2D eigenvalue weighted by Gasteiger charge is 2.34. The minimum atomic E-state index is 0.473. The van der Waals surface area contributed by atoms with Crippen molar-refractivity contribution in [2.24, 2.45) is 0 Å². The van der Waals surface area contributed by atoms with E-state index >= 15 is 0 Å². The topological polar surface area (TPSA) is 15.7 Å². The van der Waals surface area contributed by atoms with E-state index in [9.17, 15) is 0 Å². The summed E-state index contributed by atoms with van der Waals surface area (Å²) in [6.07, 6.45) is 5.81. The molecule has 0 aliphatic carbocycles. The van der Waals surface area contributed by atoms with Crippen LogP contribution in [0.5, 0.6) is 0 Å². The van der Waals surface area contributed by atoms with E-state index in [-0.39, 0.29) is 0 Å². The molecule has 0 bridgehead atoms. The fourth-order valence-electron chi connectivity index (χ4n) is 3.65. The zero-order valence-corrected chi connectivity index (χ0v) is 10.4. The molecule has 3 heterocycles. The smallest absolute Gasteiger partial charge is 0.0561 e. The Morgan fingerprint density at radius 2 is 1.88 bits per heavy atom. The second kappa shape index (κ2) is 4.63. The van der Waals surface area contributed by atoms with Gasteiger partial charge in [0.15, 0.2) is 0 Å². The minimum Gasteiger partial charge on any atom is -0.378 e. The van der Waals surface area contributed by atoms with Crippen LogP contribution in [0.25, 0.3) is 0 Å². The number of nitrogens with zero attached hydrogens (tertiary/aromatic N) is 2. The van der Waals surface area contributed by atoms with E-state index in [1.807, 2.05) is 0 Å². The van der Waals surface area contributed by atoms with Crippen LogP contribution < -0.4 is 0 Å². The van der Waals surface area contributed by atoms with Crippen LogP contribution in [-0.4, -0.2) is 60.8 Å². The van der Waals surface area contributed by atoms with Gasteiger partial charge in [-0.15, -0.1) is 0 Å². The van der Waals surface area contributed by atoms with Crippen LogP contribution in [0.4, 0.5) is 0 Å². The summed E-state index contributed by atoms with van der Waals surface area (Å²) in [5.41, 5.74) is 0. The minimum absolute atomic E-state index is 0.473. The molecule has 3 atom stereocenters. The third-order valence-corrected chi connectivity index (χ3v) is 4.59. The molecule has 3 fully saturated rings. The first kappa shape index (κ1) is 11.0. The third kappa shape index (κ3) is 2.13. The van der Waals surface area contributed by atoms with Crippen molar-refractivity contribution < 1.29 is 4.74 Å². The molecule has 3 aliphatic heterocycles. The molecular weight excluding hydrogens is 200 g/mol. The van der Waals surface area contributed by atoms with Crippen LogP contribution in [0.15, 0.2) is 0 Å². The molecule has 3 heteroatoms. The molecule has 0 amide bonds. The van der Waals surface area contributed by atoms with Gasteiger partial charge in [-0.3, -0.25) is 9.80 Å². The summed E-state index contributed by atoms with van der Waals surface area (Å²) in [5, 5.41) is 0. The highest BCUT2D eigenvalue weighted by atomic mass is 16.5. The maximum Gasteiger partial charge on any atom is 0.0561 e. The van der Waals surface area contributed by atoms with Crippen molar-refractivity contribution in [3.05, 3.63) is 0 Å². The van der Waals surface area contributed by atoms with Crippen molar-refractivity contribution in [2.75, 3.05) is 32.8 Å². The van der Waals surface area contributed by atoms with Gasteiger partial charge in [-0.25, -0.2) is 0 Å². The summed E-state index contributed by atoms with van der Waals surface area (Å²) in [7, 11) is 0. The van der Waals surface area contributed by atoms with Crippen molar-refractivity contribution in [1.29, 1.82) is 0 Å². The fourth-order valence-corrected chi connectivity index (χ4v) is 3.65. The van der Waals surface area contributed by atoms with Crippen LogP contribution in [0, 0.1) is 0 Å². The van der Waals surface area contributed by atoms with E-state index < -0.39 is 0 Å². The van der Waals surface area contributed by atoms with Crippen molar-refractivity contribution >= 4 is 0 Å². The molecule has 16 heavy (non-hydrogen) atoms. The Morgan fingerprint density at radius 1 is 1.00 bits per heavy atom. The average Bonchev–Trinajstić information content (AvgIpc) is 2.75. The molecule has 0 aromatic heterocycles. The maximum atomic E-state index is 5.65. The van der Waals surface area contributed by atoms with Gasteiger partial charge in [-0.2, -0.15) is 0 Å². The Hall–Kier alpha value is -0.120. The normalized spacial score (nSPS) is 42.2. The Balaban J connectivity index is 1.58. The standard InChI is InChI=1S/C13H24N2O/c1-11-9-12(4-8-16-11)15-7-6-14-5-2-3-13(14)10-15/h11-13H,2-10H2,1H3. The molecule has 0 aromatic rings. The van der Waals surface area contributed by atoms with Crippen molar-refractivity contribution in [3.63, 3.8) is 0 Å². The molecule has 0 N–H and O–H groups in total. The van der Waals surface area contributed by atoms with Crippen LogP contribution in [0.1, 0.15) is 32.6 Å². The lowest BCUT2D eigenvalue weighted by Crippen LogP contribution is -2.54. The zero-order chi connectivity index (χ0) is 11.0. The molecule has 3 rings (SSSR count). The van der Waals surface area contributed by atoms with E-state index in [4.69, 9.17) is 4.74 Å². The summed E-state index contributed by atoms with van der Waals surface area (Å²) in [6, 6.07) is 1.67. The molecule has 92 valence electrons. The van der Waals surface area contributed by atoms with Gasteiger partial charge in [0, 0.05) is 38.3 Å². The summed E-state index contributed by atoms with van der Waals surface area (Å²) in [4.78, 5) is 5.44. The number of rotatable bonds is 1. The number of fused-ring (bicyclic) bond motifs is 1. The Kier molecular flexibility index (Phi) is 3.18. The van der Waals surface area contributed by atoms with Gasteiger partial charge in [-0.05, 0) is 39.2 Å². The summed E-state index contributed by atoms with van der Waals surface area (Å²) >= 11 is 0. The van der Waals surface area contributed by atoms with Crippen LogP contribution in [0.2, 0.25) is 0 Å². The SMILES string of the molecule is CC1CC(N2CCN3CCCC3C2)CCO1. The summed E-state index contributed by atoms with van der Waals surface area (Å²) in [5.74, 6) is 0. The van der Waals surface area contributed by atoms with Gasteiger partial charge in [0.25, 0.3) is 0 Å². The molecule has 3 unspecified atom stereocenters. The van der Waals surface area contributed by atoms with Crippen molar-refractivity contribution in [1.82, 2.24) is 9.80 Å². The number of hydrogen-bond donors (Lipinski definition) is 0. The second-order valence-electron chi connectivity index (χ2n) is 5.69. The Bertz CT molecular complexity index is 246. The van der Waals surface area contributed by atoms with Crippen LogP contribution >= 0.6 is 0 Å². The van der Waals surface area contributed by atoms with Gasteiger partial charge in [-0.1, -0.05) is 0 Å². The van der Waals surface area contributed by atoms with Crippen molar-refractivity contribution in [3.8, 4) is 0 Å². The second-order valence-corrected chi connectivity index (χ2v) is 5.69. The first-order valence-electron chi connectivity index (χ1n) is 6.92. The largest absolute Gasteiger partial charge is 0.378 e. The molecular formula is C13H24N2O. The monoisotopic (exact) mass is 224 g/mol. The molecule has 3 nitrogen and oxygen atoms in total. The summed E-state index contributed by atoms with van der Waals surface area (Å²) in [6.45, 7) is 8.44. The van der Waals surface area contributed by atoms with E-state index in [1.165, 1.54) is 51.9 Å². The Morgan fingerprint density at radius 3 is 2.75 bits per heavy atom. The van der Waals surface area contributed by atoms with Crippen LogP contribution in [0.3, 0.4) is 0 Å². The van der Waals surface area contributed by atoms with Gasteiger partial charge in [0.2, 0.25) is 0 Å². The third-order valence-electron chi connectivity index (χ3n) is 4.59. The molecule has 3 saturated heterocycles. The van der Waals surface area contributed by atoms with Gasteiger partial charge < -0.3 is 4.74 Å². The lowest BCUT2D eigenvalue weighted by Gasteiger charge is -2.43. The predicted octanol–water partition coefficient (Wildman–Crippen LogP) is 1.33. The molecule has 0 aromatic carbocycles. The summed E-state index contributed by atoms with van der Waals surface area (Å²) < 4.78 is 5.65. The number of piperazine rings is 1. The molecule has 0 saturated carbocycles. The Labute approximate surface area is 98.7 Å². The molecule has 0 spiro atoms. The highest BCUT2D eigenvalue weighted by Crippen LogP contribution is 2.26. The van der Waals surface area contributed by atoms with Gasteiger partial charge >= 0.3 is 0 Å². The van der Waals surface area contributed by atoms with E-state index in [0.29, 0.717) is 6.10 Å². The lowest BCUT2D eigenvalue weighted by molar-refractivity contribution is -0.0333. The van der Waals surface area contributed by atoms with Crippen molar-refractivity contribution in [2.45, 2.75) is 50.8 Å². The predicted molar refractivity (Wildman–Crippen MR) is 64.6 cm³/mol. The van der Waals surface area contributed by atoms with E-state index in [0.717, 1.165) is 18.7 Å². The fraction of sp³-hybridized carbons (Fsp3) is 1.00. The van der Waals surface area contributed by atoms with Gasteiger partial charge in [0.05, 0.1) is 6.10 Å². The van der Waals surface area contributed by atoms with E-state index in [1.54, 1.807) is 0 Å². The maximum absolute atomic E-state index is 5.65.